The highest BCUT2D eigenvalue weighted by Gasteiger charge is 2.38. The van der Waals surface area contributed by atoms with Gasteiger partial charge >= 0.3 is 5.97 Å². The number of nitrogens with zero attached hydrogens (tertiary/aromatic N) is 2. The van der Waals surface area contributed by atoms with Gasteiger partial charge in [-0.15, -0.1) is 0 Å². The monoisotopic (exact) mass is 269 g/mol. The van der Waals surface area contributed by atoms with Crippen molar-refractivity contribution < 1.29 is 14.7 Å². The lowest BCUT2D eigenvalue weighted by molar-refractivity contribution is -0.145. The molecule has 0 aromatic heterocycles. The SMILES string of the molecule is CC1(C(=O)N2CCN(CC(=O)O)CC2)CCCNC1. The van der Waals surface area contributed by atoms with Crippen LogP contribution in [0.15, 0.2) is 0 Å². The molecule has 0 saturated carbocycles. The molecule has 1 unspecified atom stereocenters. The van der Waals surface area contributed by atoms with Gasteiger partial charge in [0, 0.05) is 32.7 Å². The van der Waals surface area contributed by atoms with Crippen LogP contribution < -0.4 is 5.32 Å². The van der Waals surface area contributed by atoms with Gasteiger partial charge in [-0.3, -0.25) is 14.5 Å². The highest BCUT2D eigenvalue weighted by Crippen LogP contribution is 2.28. The maximum atomic E-state index is 12.6. The Morgan fingerprint density at radius 3 is 2.47 bits per heavy atom. The highest BCUT2D eigenvalue weighted by molar-refractivity contribution is 5.83. The molecule has 1 amide bonds. The van der Waals surface area contributed by atoms with Crippen molar-refractivity contribution in [3.8, 4) is 0 Å². The number of carbonyl (C=O) groups excluding carboxylic acids is 1. The van der Waals surface area contributed by atoms with Crippen molar-refractivity contribution >= 4 is 11.9 Å². The smallest absolute Gasteiger partial charge is 0.317 e. The second-order valence-electron chi connectivity index (χ2n) is 5.80. The van der Waals surface area contributed by atoms with Crippen molar-refractivity contribution in [3.05, 3.63) is 0 Å². The van der Waals surface area contributed by atoms with Crippen LogP contribution in [0.2, 0.25) is 0 Å². The summed E-state index contributed by atoms with van der Waals surface area (Å²) in [5, 5.41) is 12.0. The van der Waals surface area contributed by atoms with Gasteiger partial charge in [-0.25, -0.2) is 0 Å². The van der Waals surface area contributed by atoms with Crippen molar-refractivity contribution in [2.75, 3.05) is 45.8 Å². The van der Waals surface area contributed by atoms with Gasteiger partial charge in [-0.1, -0.05) is 0 Å². The summed E-state index contributed by atoms with van der Waals surface area (Å²) in [6.45, 7) is 6.44. The third kappa shape index (κ3) is 3.45. The number of carbonyl (C=O) groups is 2. The lowest BCUT2D eigenvalue weighted by Crippen LogP contribution is -2.56. The normalized spacial score (nSPS) is 29.2. The summed E-state index contributed by atoms with van der Waals surface area (Å²) in [6, 6.07) is 0. The number of amides is 1. The van der Waals surface area contributed by atoms with Gasteiger partial charge in [-0.2, -0.15) is 0 Å². The fraction of sp³-hybridized carbons (Fsp3) is 0.846. The van der Waals surface area contributed by atoms with Gasteiger partial charge in [0.25, 0.3) is 0 Å². The number of piperazine rings is 1. The second kappa shape index (κ2) is 5.88. The number of hydrogen-bond acceptors (Lipinski definition) is 4. The third-order valence-corrected chi connectivity index (χ3v) is 4.13. The lowest BCUT2D eigenvalue weighted by Gasteiger charge is -2.41. The van der Waals surface area contributed by atoms with E-state index in [9.17, 15) is 9.59 Å². The molecule has 19 heavy (non-hydrogen) atoms. The molecule has 0 aromatic carbocycles. The third-order valence-electron chi connectivity index (χ3n) is 4.13. The Morgan fingerprint density at radius 2 is 1.95 bits per heavy atom. The van der Waals surface area contributed by atoms with Gasteiger partial charge in [0.05, 0.1) is 12.0 Å². The van der Waals surface area contributed by atoms with Crippen LogP contribution in [0, 0.1) is 5.41 Å². The molecule has 0 aliphatic carbocycles. The molecule has 1 atom stereocenters. The molecule has 0 aromatic rings. The Hall–Kier alpha value is -1.14. The number of rotatable bonds is 3. The second-order valence-corrected chi connectivity index (χ2v) is 5.80. The minimum atomic E-state index is -0.803. The Bertz CT molecular complexity index is 345. The van der Waals surface area contributed by atoms with E-state index in [2.05, 4.69) is 5.32 Å². The fourth-order valence-corrected chi connectivity index (χ4v) is 2.92. The predicted molar refractivity (Wildman–Crippen MR) is 70.9 cm³/mol. The summed E-state index contributed by atoms with van der Waals surface area (Å²) in [5.41, 5.74) is -0.285. The molecule has 0 radical (unpaired) electrons. The first-order valence-corrected chi connectivity index (χ1v) is 6.95. The predicted octanol–water partition coefficient (Wildman–Crippen LogP) is -0.395. The van der Waals surface area contributed by atoms with E-state index in [0.29, 0.717) is 26.2 Å². The van der Waals surface area contributed by atoms with Gasteiger partial charge in [0.15, 0.2) is 0 Å². The number of nitrogens with one attached hydrogen (secondary N) is 1. The number of carboxylic acid groups (broad SMARTS) is 1. The molecular formula is C13H23N3O3. The van der Waals surface area contributed by atoms with Crippen LogP contribution in [0.3, 0.4) is 0 Å². The molecule has 108 valence electrons. The van der Waals surface area contributed by atoms with Gasteiger partial charge in [0.1, 0.15) is 0 Å². The average Bonchev–Trinajstić information content (AvgIpc) is 2.39. The minimum Gasteiger partial charge on any atom is -0.480 e. The van der Waals surface area contributed by atoms with Crippen LogP contribution in [0.1, 0.15) is 19.8 Å². The number of carboxylic acids is 1. The van der Waals surface area contributed by atoms with E-state index in [1.54, 1.807) is 0 Å². The van der Waals surface area contributed by atoms with E-state index < -0.39 is 5.97 Å². The molecular weight excluding hydrogens is 246 g/mol. The Morgan fingerprint density at radius 1 is 1.26 bits per heavy atom. The molecule has 2 N–H and O–H groups in total. The first-order valence-electron chi connectivity index (χ1n) is 6.95. The van der Waals surface area contributed by atoms with Crippen LogP contribution in [-0.4, -0.2) is 72.6 Å². The average molecular weight is 269 g/mol. The molecule has 0 bridgehead atoms. The van der Waals surface area contributed by atoms with E-state index in [1.165, 1.54) is 0 Å². The van der Waals surface area contributed by atoms with Gasteiger partial charge in [0.2, 0.25) is 5.91 Å². The summed E-state index contributed by atoms with van der Waals surface area (Å²) < 4.78 is 0. The maximum Gasteiger partial charge on any atom is 0.317 e. The topological polar surface area (TPSA) is 72.9 Å². The van der Waals surface area contributed by atoms with Crippen molar-refractivity contribution in [2.45, 2.75) is 19.8 Å². The molecule has 0 spiro atoms. The number of hydrogen-bond donors (Lipinski definition) is 2. The number of aliphatic carboxylic acids is 1. The molecule has 2 aliphatic rings. The van der Waals surface area contributed by atoms with Crippen molar-refractivity contribution in [1.29, 1.82) is 0 Å². The molecule has 2 fully saturated rings. The number of piperidine rings is 1. The Kier molecular flexibility index (Phi) is 4.42. The zero-order valence-electron chi connectivity index (χ0n) is 11.5. The molecule has 2 aliphatic heterocycles. The van der Waals surface area contributed by atoms with E-state index in [-0.39, 0.29) is 17.9 Å². The molecule has 6 nitrogen and oxygen atoms in total. The van der Waals surface area contributed by atoms with Crippen LogP contribution in [0.25, 0.3) is 0 Å². The standard InChI is InChI=1S/C13H23N3O3/c1-13(3-2-4-14-10-13)12(19)16-7-5-15(6-8-16)9-11(17)18/h14H,2-10H2,1H3,(H,17,18). The van der Waals surface area contributed by atoms with Crippen LogP contribution >= 0.6 is 0 Å². The highest BCUT2D eigenvalue weighted by atomic mass is 16.4. The van der Waals surface area contributed by atoms with E-state index >= 15 is 0 Å². The summed E-state index contributed by atoms with van der Waals surface area (Å²) in [7, 11) is 0. The maximum absolute atomic E-state index is 12.6. The van der Waals surface area contributed by atoms with Gasteiger partial charge in [-0.05, 0) is 26.3 Å². The summed E-state index contributed by atoms with van der Waals surface area (Å²) >= 11 is 0. The Labute approximate surface area is 113 Å². The van der Waals surface area contributed by atoms with Crippen molar-refractivity contribution in [3.63, 3.8) is 0 Å². The quantitative estimate of drug-likeness (QED) is 0.730. The lowest BCUT2D eigenvalue weighted by atomic mass is 9.81. The molecule has 2 heterocycles. The fourth-order valence-electron chi connectivity index (χ4n) is 2.92. The first kappa shape index (κ1) is 14.3. The Balaban J connectivity index is 1.86. The van der Waals surface area contributed by atoms with E-state index in [4.69, 9.17) is 5.11 Å². The zero-order valence-corrected chi connectivity index (χ0v) is 11.5. The van der Waals surface area contributed by atoms with Crippen LogP contribution in [0.5, 0.6) is 0 Å². The first-order chi connectivity index (χ1) is 9.01. The van der Waals surface area contributed by atoms with Crippen LogP contribution in [0.4, 0.5) is 0 Å². The molecule has 6 heteroatoms. The van der Waals surface area contributed by atoms with E-state index in [1.807, 2.05) is 16.7 Å². The summed E-state index contributed by atoms with van der Waals surface area (Å²) in [6.07, 6.45) is 1.98. The zero-order chi connectivity index (χ0) is 13.9. The largest absolute Gasteiger partial charge is 0.480 e. The summed E-state index contributed by atoms with van der Waals surface area (Å²) in [5.74, 6) is -0.585. The summed E-state index contributed by atoms with van der Waals surface area (Å²) in [4.78, 5) is 27.0. The van der Waals surface area contributed by atoms with Crippen LogP contribution in [-0.2, 0) is 9.59 Å². The van der Waals surface area contributed by atoms with Gasteiger partial charge < -0.3 is 15.3 Å². The van der Waals surface area contributed by atoms with Crippen molar-refractivity contribution in [1.82, 2.24) is 15.1 Å². The van der Waals surface area contributed by atoms with Crippen molar-refractivity contribution in [2.24, 2.45) is 5.41 Å². The molecule has 2 rings (SSSR count). The van der Waals surface area contributed by atoms with E-state index in [0.717, 1.165) is 25.9 Å². The molecule has 2 saturated heterocycles. The minimum absolute atomic E-state index is 0.0703.